The maximum atomic E-state index is 4.69. The summed E-state index contributed by atoms with van der Waals surface area (Å²) in [6.45, 7) is 6.67. The summed E-state index contributed by atoms with van der Waals surface area (Å²) < 4.78 is 1.99. The lowest BCUT2D eigenvalue weighted by Gasteiger charge is -2.13. The molecule has 0 aliphatic heterocycles. The van der Waals surface area contributed by atoms with Crippen LogP contribution >= 0.6 is 0 Å². The number of nitrogens with one attached hydrogen (secondary N) is 2. The highest BCUT2D eigenvalue weighted by Crippen LogP contribution is 2.28. The maximum absolute atomic E-state index is 4.69. The molecule has 1 aliphatic rings. The number of aryl methyl sites for hydroxylation is 1. The SMILES string of the molecule is CCCCNC(=NCc1nnc(C)n1C)NCCCCC1CCCC1. The lowest BCUT2D eigenvalue weighted by Crippen LogP contribution is -2.38. The van der Waals surface area contributed by atoms with Gasteiger partial charge in [0.2, 0.25) is 0 Å². The largest absolute Gasteiger partial charge is 0.356 e. The van der Waals surface area contributed by atoms with Crippen molar-refractivity contribution in [1.82, 2.24) is 25.4 Å². The zero-order valence-electron chi connectivity index (χ0n) is 16.4. The lowest BCUT2D eigenvalue weighted by molar-refractivity contribution is 0.472. The third kappa shape index (κ3) is 7.04. The summed E-state index contributed by atoms with van der Waals surface area (Å²) in [6, 6.07) is 0. The Labute approximate surface area is 152 Å². The molecule has 0 bridgehead atoms. The normalized spacial score (nSPS) is 15.7. The Kier molecular flexibility index (Phi) is 8.77. The molecule has 1 saturated carbocycles. The molecule has 0 aromatic carbocycles. The van der Waals surface area contributed by atoms with Crippen LogP contribution in [0.25, 0.3) is 0 Å². The fourth-order valence-corrected chi connectivity index (χ4v) is 3.36. The van der Waals surface area contributed by atoms with Gasteiger partial charge in [0.1, 0.15) is 12.4 Å². The van der Waals surface area contributed by atoms with Gasteiger partial charge >= 0.3 is 0 Å². The highest BCUT2D eigenvalue weighted by atomic mass is 15.3. The van der Waals surface area contributed by atoms with E-state index < -0.39 is 0 Å². The van der Waals surface area contributed by atoms with Crippen LogP contribution in [-0.4, -0.2) is 33.8 Å². The Hall–Kier alpha value is -1.59. The minimum absolute atomic E-state index is 0.556. The van der Waals surface area contributed by atoms with Gasteiger partial charge in [-0.1, -0.05) is 51.9 Å². The third-order valence-electron chi connectivity index (χ3n) is 5.19. The van der Waals surface area contributed by atoms with E-state index in [2.05, 4.69) is 32.7 Å². The van der Waals surface area contributed by atoms with Gasteiger partial charge in [-0.3, -0.25) is 0 Å². The monoisotopic (exact) mass is 348 g/mol. The number of guanidine groups is 1. The minimum Gasteiger partial charge on any atom is -0.356 e. The number of nitrogens with zero attached hydrogens (tertiary/aromatic N) is 4. The van der Waals surface area contributed by atoms with E-state index in [1.807, 2.05) is 18.5 Å². The average Bonchev–Trinajstić information content (AvgIpc) is 3.23. The maximum Gasteiger partial charge on any atom is 0.191 e. The molecule has 1 aliphatic carbocycles. The molecular formula is C19H36N6. The highest BCUT2D eigenvalue weighted by molar-refractivity contribution is 5.79. The second kappa shape index (κ2) is 11.1. The second-order valence-corrected chi connectivity index (χ2v) is 7.24. The van der Waals surface area contributed by atoms with Gasteiger partial charge in [0, 0.05) is 20.1 Å². The summed E-state index contributed by atoms with van der Waals surface area (Å²) in [4.78, 5) is 4.69. The van der Waals surface area contributed by atoms with Gasteiger partial charge in [0.15, 0.2) is 11.8 Å². The molecule has 0 spiro atoms. The quantitative estimate of drug-likeness (QED) is 0.387. The molecule has 0 amide bonds. The van der Waals surface area contributed by atoms with E-state index in [4.69, 9.17) is 0 Å². The van der Waals surface area contributed by atoms with Gasteiger partial charge in [-0.25, -0.2) is 4.99 Å². The van der Waals surface area contributed by atoms with Crippen LogP contribution in [0.2, 0.25) is 0 Å². The van der Waals surface area contributed by atoms with Crippen LogP contribution in [0.3, 0.4) is 0 Å². The summed E-state index contributed by atoms with van der Waals surface area (Å²) in [6.07, 6.45) is 12.1. The number of aliphatic imine (C=N–C) groups is 1. The molecule has 142 valence electrons. The first-order valence-corrected chi connectivity index (χ1v) is 10.1. The summed E-state index contributed by atoms with van der Waals surface area (Å²) in [5.74, 6) is 3.71. The Morgan fingerprint density at radius 2 is 1.84 bits per heavy atom. The Morgan fingerprint density at radius 1 is 1.12 bits per heavy atom. The number of aromatic nitrogens is 3. The molecule has 1 fully saturated rings. The Balaban J connectivity index is 1.73. The van der Waals surface area contributed by atoms with Gasteiger partial charge in [0.05, 0.1) is 0 Å². The van der Waals surface area contributed by atoms with Crippen LogP contribution in [0.4, 0.5) is 0 Å². The predicted molar refractivity (Wildman–Crippen MR) is 104 cm³/mol. The fourth-order valence-electron chi connectivity index (χ4n) is 3.36. The van der Waals surface area contributed by atoms with Gasteiger partial charge in [-0.15, -0.1) is 10.2 Å². The Morgan fingerprint density at radius 3 is 2.48 bits per heavy atom. The van der Waals surface area contributed by atoms with E-state index in [-0.39, 0.29) is 0 Å². The zero-order valence-corrected chi connectivity index (χ0v) is 16.4. The van der Waals surface area contributed by atoms with E-state index in [1.165, 1.54) is 51.4 Å². The molecule has 0 radical (unpaired) electrons. The molecule has 1 aromatic rings. The summed E-state index contributed by atoms with van der Waals surface area (Å²) in [5.41, 5.74) is 0. The van der Waals surface area contributed by atoms with Crippen LogP contribution in [-0.2, 0) is 13.6 Å². The molecule has 0 saturated heterocycles. The highest BCUT2D eigenvalue weighted by Gasteiger charge is 2.13. The van der Waals surface area contributed by atoms with Gasteiger partial charge in [0.25, 0.3) is 0 Å². The topological polar surface area (TPSA) is 67.1 Å². The van der Waals surface area contributed by atoms with Crippen molar-refractivity contribution in [3.63, 3.8) is 0 Å². The predicted octanol–water partition coefficient (Wildman–Crippen LogP) is 3.32. The zero-order chi connectivity index (χ0) is 17.9. The van der Waals surface area contributed by atoms with Crippen molar-refractivity contribution >= 4 is 5.96 Å². The molecule has 6 heteroatoms. The second-order valence-electron chi connectivity index (χ2n) is 7.24. The van der Waals surface area contributed by atoms with E-state index in [1.54, 1.807) is 0 Å². The van der Waals surface area contributed by atoms with E-state index in [0.29, 0.717) is 6.54 Å². The smallest absolute Gasteiger partial charge is 0.191 e. The van der Waals surface area contributed by atoms with Gasteiger partial charge in [-0.2, -0.15) is 0 Å². The van der Waals surface area contributed by atoms with Gasteiger partial charge in [-0.05, 0) is 25.7 Å². The van der Waals surface area contributed by atoms with Crippen LogP contribution in [0.15, 0.2) is 4.99 Å². The molecule has 1 heterocycles. The first-order valence-electron chi connectivity index (χ1n) is 10.1. The third-order valence-corrected chi connectivity index (χ3v) is 5.19. The van der Waals surface area contributed by atoms with Crippen molar-refractivity contribution < 1.29 is 0 Å². The standard InChI is InChI=1S/C19H36N6/c1-4-5-13-20-19(22-15-18-24-23-16(2)25(18)3)21-14-9-8-12-17-10-6-7-11-17/h17H,4-15H2,1-3H3,(H2,20,21,22). The Bertz CT molecular complexity index is 516. The minimum atomic E-state index is 0.556. The molecule has 0 atom stereocenters. The van der Waals surface area contributed by atoms with Crippen LogP contribution in [0.1, 0.15) is 76.4 Å². The fraction of sp³-hybridized carbons (Fsp3) is 0.842. The number of hydrogen-bond donors (Lipinski definition) is 2. The first-order chi connectivity index (χ1) is 12.2. The van der Waals surface area contributed by atoms with E-state index in [9.17, 15) is 0 Å². The molecule has 6 nitrogen and oxygen atoms in total. The van der Waals surface area contributed by atoms with Crippen molar-refractivity contribution in [3.8, 4) is 0 Å². The molecule has 2 rings (SSSR count). The number of unbranched alkanes of at least 4 members (excludes halogenated alkanes) is 2. The summed E-state index contributed by atoms with van der Waals surface area (Å²) >= 11 is 0. The number of hydrogen-bond acceptors (Lipinski definition) is 3. The van der Waals surface area contributed by atoms with Crippen LogP contribution in [0, 0.1) is 12.8 Å². The first kappa shape index (κ1) is 19.7. The van der Waals surface area contributed by atoms with Crippen molar-refractivity contribution in [3.05, 3.63) is 11.6 Å². The van der Waals surface area contributed by atoms with Gasteiger partial charge < -0.3 is 15.2 Å². The molecule has 1 aromatic heterocycles. The van der Waals surface area contributed by atoms with Crippen LogP contribution in [0.5, 0.6) is 0 Å². The van der Waals surface area contributed by atoms with Crippen molar-refractivity contribution in [2.24, 2.45) is 18.0 Å². The molecule has 2 N–H and O–H groups in total. The van der Waals surface area contributed by atoms with E-state index >= 15 is 0 Å². The van der Waals surface area contributed by atoms with Crippen molar-refractivity contribution in [2.75, 3.05) is 13.1 Å². The number of rotatable bonds is 10. The molecule has 0 unspecified atom stereocenters. The van der Waals surface area contributed by atoms with Crippen LogP contribution < -0.4 is 10.6 Å². The van der Waals surface area contributed by atoms with E-state index in [0.717, 1.165) is 43.0 Å². The average molecular weight is 349 g/mol. The van der Waals surface area contributed by atoms with Crippen molar-refractivity contribution in [2.45, 2.75) is 78.2 Å². The summed E-state index contributed by atoms with van der Waals surface area (Å²) in [7, 11) is 1.99. The summed E-state index contributed by atoms with van der Waals surface area (Å²) in [5, 5.41) is 15.2. The molecule has 25 heavy (non-hydrogen) atoms. The molecular weight excluding hydrogens is 312 g/mol. The van der Waals surface area contributed by atoms with Crippen molar-refractivity contribution in [1.29, 1.82) is 0 Å². The lowest BCUT2D eigenvalue weighted by atomic mass is 10.0.